The molecule has 5 unspecified atom stereocenters. The number of esters is 4. The molecule has 3 N–H and O–H groups in total. The number of carbonyl (C=O) groups is 4. The van der Waals surface area contributed by atoms with Crippen LogP contribution in [0.25, 0.3) is 0 Å². The highest BCUT2D eigenvalue weighted by Crippen LogP contribution is 2.45. The fourth-order valence-electron chi connectivity index (χ4n) is 9.54. The first-order valence-corrected chi connectivity index (χ1v) is 36.8. The standard InChI is InChI=1S/C65H126O17P2/c1-9-57(7)43-35-27-19-11-13-21-29-37-45-62(67)75-51-61(82-65(70)48-40-32-24-16-18-26-34-42-56(5)6)54-80-84(73,74)78-50-59(66)49-77-83(71,72)79-53-60(52-76-63(68)46-38-30-23-15-17-25-33-41-55(3)4)81-64(69)47-39-31-22-14-12-20-28-36-44-58(8)10-2/h55-61,66H,9-54H2,1-8H3,(H,71,72)(H,73,74)/t57?,58?,59?,60-,61-/m1/s1. The van der Waals surface area contributed by atoms with E-state index in [1.165, 1.54) is 109 Å². The first kappa shape index (κ1) is 82.1. The predicted molar refractivity (Wildman–Crippen MR) is 335 cm³/mol. The van der Waals surface area contributed by atoms with Crippen molar-refractivity contribution >= 4 is 39.5 Å². The van der Waals surface area contributed by atoms with Gasteiger partial charge in [-0.05, 0) is 49.4 Å². The van der Waals surface area contributed by atoms with E-state index in [1.807, 2.05) is 0 Å². The number of carbonyl (C=O) groups excluding carboxylic acids is 4. The number of phosphoric acid groups is 2. The minimum absolute atomic E-state index is 0.102. The summed E-state index contributed by atoms with van der Waals surface area (Å²) in [6.45, 7) is 14.0. The van der Waals surface area contributed by atoms with Gasteiger partial charge in [0.2, 0.25) is 0 Å². The van der Waals surface area contributed by atoms with Crippen LogP contribution in [-0.4, -0.2) is 96.7 Å². The van der Waals surface area contributed by atoms with Gasteiger partial charge < -0.3 is 33.8 Å². The second-order valence-corrected chi connectivity index (χ2v) is 27.8. The summed E-state index contributed by atoms with van der Waals surface area (Å²) < 4.78 is 68.0. The fourth-order valence-corrected chi connectivity index (χ4v) is 11.1. The molecule has 0 saturated carbocycles. The quantitative estimate of drug-likeness (QED) is 0.0222. The fraction of sp³-hybridized carbons (Fsp3) is 0.938. The summed E-state index contributed by atoms with van der Waals surface area (Å²) >= 11 is 0. The van der Waals surface area contributed by atoms with Crippen molar-refractivity contribution in [1.82, 2.24) is 0 Å². The van der Waals surface area contributed by atoms with Crippen LogP contribution in [0.1, 0.15) is 312 Å². The highest BCUT2D eigenvalue weighted by Gasteiger charge is 2.30. The molecule has 0 spiro atoms. The van der Waals surface area contributed by atoms with E-state index in [0.717, 1.165) is 108 Å². The molecule has 0 radical (unpaired) electrons. The lowest BCUT2D eigenvalue weighted by Gasteiger charge is -2.21. The van der Waals surface area contributed by atoms with Crippen molar-refractivity contribution in [2.75, 3.05) is 39.6 Å². The molecule has 0 aromatic carbocycles. The monoisotopic (exact) mass is 1240 g/mol. The molecule has 0 aromatic rings. The van der Waals surface area contributed by atoms with Gasteiger partial charge in [-0.25, -0.2) is 9.13 Å². The lowest BCUT2D eigenvalue weighted by Crippen LogP contribution is -2.30. The smallest absolute Gasteiger partial charge is 0.462 e. The van der Waals surface area contributed by atoms with Gasteiger partial charge in [-0.15, -0.1) is 0 Å². The van der Waals surface area contributed by atoms with Crippen LogP contribution in [0, 0.1) is 23.7 Å². The Labute approximate surface area is 511 Å². The summed E-state index contributed by atoms with van der Waals surface area (Å²) in [6.07, 6.45) is 34.9. The molecule has 0 fully saturated rings. The third-order valence-corrected chi connectivity index (χ3v) is 17.4. The van der Waals surface area contributed by atoms with Crippen LogP contribution in [0.5, 0.6) is 0 Å². The maximum Gasteiger partial charge on any atom is 0.472 e. The van der Waals surface area contributed by atoms with Gasteiger partial charge in [0.05, 0.1) is 26.4 Å². The first-order valence-electron chi connectivity index (χ1n) is 33.8. The van der Waals surface area contributed by atoms with E-state index in [0.29, 0.717) is 37.5 Å². The van der Waals surface area contributed by atoms with Crippen LogP contribution in [0.15, 0.2) is 0 Å². The Balaban J connectivity index is 5.26. The van der Waals surface area contributed by atoms with Crippen LogP contribution in [-0.2, 0) is 65.4 Å². The van der Waals surface area contributed by atoms with Gasteiger partial charge in [0.15, 0.2) is 12.2 Å². The van der Waals surface area contributed by atoms with E-state index in [9.17, 15) is 43.2 Å². The van der Waals surface area contributed by atoms with E-state index in [2.05, 4.69) is 55.4 Å². The van der Waals surface area contributed by atoms with Gasteiger partial charge in [-0.2, -0.15) is 0 Å². The summed E-state index contributed by atoms with van der Waals surface area (Å²) in [4.78, 5) is 72.3. The van der Waals surface area contributed by atoms with Gasteiger partial charge in [-0.1, -0.05) is 261 Å². The van der Waals surface area contributed by atoms with Crippen molar-refractivity contribution in [2.24, 2.45) is 23.7 Å². The summed E-state index contributed by atoms with van der Waals surface area (Å²) in [5, 5.41) is 10.5. The number of phosphoric ester groups is 2. The molecule has 0 aromatic heterocycles. The Morgan fingerprint density at radius 2 is 0.571 bits per heavy atom. The zero-order valence-corrected chi connectivity index (χ0v) is 56.3. The van der Waals surface area contributed by atoms with Crippen molar-refractivity contribution in [1.29, 1.82) is 0 Å². The van der Waals surface area contributed by atoms with Crippen LogP contribution < -0.4 is 0 Å². The first-order chi connectivity index (χ1) is 40.2. The zero-order valence-electron chi connectivity index (χ0n) is 54.5. The number of aliphatic hydroxyl groups excluding tert-OH is 1. The summed E-state index contributed by atoms with van der Waals surface area (Å²) in [5.74, 6) is 0.807. The lowest BCUT2D eigenvalue weighted by molar-refractivity contribution is -0.161. The van der Waals surface area contributed by atoms with E-state index < -0.39 is 97.5 Å². The summed E-state index contributed by atoms with van der Waals surface area (Å²) in [7, 11) is -9.89. The molecular weight excluding hydrogens is 1110 g/mol. The van der Waals surface area contributed by atoms with E-state index >= 15 is 0 Å². The molecule has 0 aliphatic heterocycles. The second-order valence-electron chi connectivity index (χ2n) is 24.9. The molecule has 0 heterocycles. The van der Waals surface area contributed by atoms with Gasteiger partial charge in [0.25, 0.3) is 0 Å². The molecule has 0 bridgehead atoms. The normalized spacial score (nSPS) is 15.1. The Morgan fingerprint density at radius 1 is 0.333 bits per heavy atom. The Hall–Kier alpha value is -1.94. The van der Waals surface area contributed by atoms with Crippen molar-refractivity contribution in [3.8, 4) is 0 Å². The minimum Gasteiger partial charge on any atom is -0.462 e. The zero-order chi connectivity index (χ0) is 62.5. The number of hydrogen-bond acceptors (Lipinski definition) is 15. The van der Waals surface area contributed by atoms with Crippen molar-refractivity contribution < 1.29 is 80.2 Å². The van der Waals surface area contributed by atoms with Crippen LogP contribution in [0.3, 0.4) is 0 Å². The van der Waals surface area contributed by atoms with Crippen LogP contribution in [0.4, 0.5) is 0 Å². The highest BCUT2D eigenvalue weighted by atomic mass is 31.2. The third kappa shape index (κ3) is 56.6. The largest absolute Gasteiger partial charge is 0.472 e. The number of aliphatic hydroxyl groups is 1. The molecule has 0 amide bonds. The topological polar surface area (TPSA) is 237 Å². The van der Waals surface area contributed by atoms with Gasteiger partial charge >= 0.3 is 39.5 Å². The number of hydrogen-bond donors (Lipinski definition) is 3. The average molecular weight is 1240 g/mol. The van der Waals surface area contributed by atoms with Crippen LogP contribution >= 0.6 is 15.6 Å². The second kappa shape index (κ2) is 55.2. The van der Waals surface area contributed by atoms with Crippen molar-refractivity contribution in [3.05, 3.63) is 0 Å². The predicted octanol–water partition coefficient (Wildman–Crippen LogP) is 17.8. The number of rotatable bonds is 62. The van der Waals surface area contributed by atoms with Gasteiger partial charge in [0, 0.05) is 25.7 Å². The Kier molecular flexibility index (Phi) is 53.9. The summed E-state index contributed by atoms with van der Waals surface area (Å²) in [5.41, 5.74) is 0. The molecule has 7 atom stereocenters. The molecule has 0 saturated heterocycles. The van der Waals surface area contributed by atoms with E-state index in [-0.39, 0.29) is 25.7 Å². The van der Waals surface area contributed by atoms with Crippen molar-refractivity contribution in [2.45, 2.75) is 331 Å². The molecule has 17 nitrogen and oxygen atoms in total. The van der Waals surface area contributed by atoms with Crippen molar-refractivity contribution in [3.63, 3.8) is 0 Å². The molecule has 84 heavy (non-hydrogen) atoms. The molecular formula is C65H126O17P2. The lowest BCUT2D eigenvalue weighted by atomic mass is 9.99. The average Bonchev–Trinajstić information content (AvgIpc) is 3.54. The van der Waals surface area contributed by atoms with Gasteiger partial charge in [-0.3, -0.25) is 37.3 Å². The highest BCUT2D eigenvalue weighted by molar-refractivity contribution is 7.47. The maximum absolute atomic E-state index is 13.0. The molecule has 19 heteroatoms. The van der Waals surface area contributed by atoms with E-state index in [4.69, 9.17) is 37.0 Å². The number of ether oxygens (including phenoxy) is 4. The molecule has 498 valence electrons. The van der Waals surface area contributed by atoms with Crippen LogP contribution in [0.2, 0.25) is 0 Å². The molecule has 0 rings (SSSR count). The minimum atomic E-state index is -4.95. The van der Waals surface area contributed by atoms with E-state index in [1.54, 1.807) is 0 Å². The van der Waals surface area contributed by atoms with Gasteiger partial charge in [0.1, 0.15) is 19.3 Å². The maximum atomic E-state index is 13.0. The SMILES string of the molecule is CCC(C)CCCCCCCCCCC(=O)OC[C@H](COP(=O)(O)OCC(O)COP(=O)(O)OC[C@@H](COC(=O)CCCCCCCCCC(C)C)OC(=O)CCCCCCCCCCC(C)CC)OC(=O)CCCCCCCCCC(C)C. The summed E-state index contributed by atoms with van der Waals surface area (Å²) in [6, 6.07) is 0. The molecule has 0 aliphatic rings. The molecule has 0 aliphatic carbocycles. The third-order valence-electron chi connectivity index (χ3n) is 15.5. The Bertz CT molecular complexity index is 1680. The Morgan fingerprint density at radius 3 is 0.845 bits per heavy atom. The number of unbranched alkanes of at least 4 members (excludes halogenated alkanes) is 26.